The third-order valence-corrected chi connectivity index (χ3v) is 3.81. The first-order chi connectivity index (χ1) is 7.26. The molecular weight excluding hydrogens is 276 g/mol. The van der Waals surface area contributed by atoms with E-state index in [0.29, 0.717) is 5.56 Å². The molecule has 0 bridgehead atoms. The molecular formula is C10H9BrN2OS. The molecule has 0 aliphatic heterocycles. The Balaban J connectivity index is 2.56. The molecule has 2 aromatic rings. The largest absolute Gasteiger partial charge is 0.298 e. The fraction of sp³-hybridized carbons (Fsp3) is 0.200. The van der Waals surface area contributed by atoms with Gasteiger partial charge in [0.05, 0.1) is 5.56 Å². The molecule has 0 aromatic carbocycles. The van der Waals surface area contributed by atoms with Crippen molar-refractivity contribution in [3.8, 4) is 11.3 Å². The van der Waals surface area contributed by atoms with E-state index in [1.807, 2.05) is 17.7 Å². The van der Waals surface area contributed by atoms with E-state index in [4.69, 9.17) is 0 Å². The molecule has 2 heterocycles. The fourth-order valence-electron chi connectivity index (χ4n) is 1.34. The van der Waals surface area contributed by atoms with Gasteiger partial charge in [-0.1, -0.05) is 0 Å². The number of hydrogen-bond donors (Lipinski definition) is 0. The van der Waals surface area contributed by atoms with Gasteiger partial charge < -0.3 is 0 Å². The van der Waals surface area contributed by atoms with E-state index in [1.54, 1.807) is 22.2 Å². The minimum absolute atomic E-state index is 0.635. The van der Waals surface area contributed by atoms with Gasteiger partial charge in [-0.05, 0) is 22.9 Å². The van der Waals surface area contributed by atoms with Gasteiger partial charge in [0, 0.05) is 33.5 Å². The van der Waals surface area contributed by atoms with E-state index >= 15 is 0 Å². The molecule has 15 heavy (non-hydrogen) atoms. The average molecular weight is 285 g/mol. The monoisotopic (exact) mass is 284 g/mol. The standard InChI is InChI=1S/C10H9BrN2OS/c1-2-13-3-7(4-14)10(12-13)8-5-15-6-9(8)11/h3-6H,2H2,1H3. The molecule has 0 fully saturated rings. The lowest BCUT2D eigenvalue weighted by molar-refractivity contribution is 0.112. The highest BCUT2D eigenvalue weighted by molar-refractivity contribution is 9.10. The Kier molecular flexibility index (Phi) is 3.02. The van der Waals surface area contributed by atoms with Crippen molar-refractivity contribution in [1.29, 1.82) is 0 Å². The van der Waals surface area contributed by atoms with Gasteiger partial charge in [0.2, 0.25) is 0 Å². The number of carbonyl (C=O) groups is 1. The first kappa shape index (κ1) is 10.6. The summed E-state index contributed by atoms with van der Waals surface area (Å²) in [4.78, 5) is 10.9. The number of thiophene rings is 1. The molecule has 3 nitrogen and oxygen atoms in total. The molecule has 0 spiro atoms. The van der Waals surface area contributed by atoms with Gasteiger partial charge in [0.1, 0.15) is 5.69 Å². The van der Waals surface area contributed by atoms with E-state index in [1.165, 1.54) is 0 Å². The lowest BCUT2D eigenvalue weighted by atomic mass is 10.2. The van der Waals surface area contributed by atoms with E-state index in [0.717, 1.165) is 28.6 Å². The van der Waals surface area contributed by atoms with Crippen molar-refractivity contribution in [3.05, 3.63) is 27.0 Å². The van der Waals surface area contributed by atoms with Gasteiger partial charge in [-0.25, -0.2) is 0 Å². The van der Waals surface area contributed by atoms with Gasteiger partial charge in [-0.15, -0.1) is 0 Å². The van der Waals surface area contributed by atoms with Crippen LogP contribution in [0.3, 0.4) is 0 Å². The SMILES string of the molecule is CCn1cc(C=O)c(-c2cscc2Br)n1. The summed E-state index contributed by atoms with van der Waals surface area (Å²) in [6.45, 7) is 2.76. The van der Waals surface area contributed by atoms with Crippen LogP contribution in [0.15, 0.2) is 21.4 Å². The Labute approximate surface area is 99.9 Å². The predicted molar refractivity (Wildman–Crippen MR) is 64.3 cm³/mol. The maximum Gasteiger partial charge on any atom is 0.153 e. The Morgan fingerprint density at radius 1 is 1.60 bits per heavy atom. The molecule has 0 saturated carbocycles. The summed E-state index contributed by atoms with van der Waals surface area (Å²) in [6, 6.07) is 0. The van der Waals surface area contributed by atoms with Gasteiger partial charge in [-0.2, -0.15) is 16.4 Å². The summed E-state index contributed by atoms with van der Waals surface area (Å²) in [7, 11) is 0. The molecule has 0 aliphatic carbocycles. The van der Waals surface area contributed by atoms with Crippen LogP contribution in [0.2, 0.25) is 0 Å². The summed E-state index contributed by atoms with van der Waals surface area (Å²) in [5.41, 5.74) is 2.37. The quantitative estimate of drug-likeness (QED) is 0.812. The second-order valence-electron chi connectivity index (χ2n) is 3.04. The van der Waals surface area contributed by atoms with Crippen LogP contribution in [0.4, 0.5) is 0 Å². The number of aldehydes is 1. The van der Waals surface area contributed by atoms with Crippen molar-refractivity contribution in [3.63, 3.8) is 0 Å². The highest BCUT2D eigenvalue weighted by atomic mass is 79.9. The maximum absolute atomic E-state index is 10.9. The van der Waals surface area contributed by atoms with E-state index in [2.05, 4.69) is 21.0 Å². The summed E-state index contributed by atoms with van der Waals surface area (Å²) in [6.07, 6.45) is 2.62. The lowest BCUT2D eigenvalue weighted by Crippen LogP contribution is -1.93. The zero-order valence-corrected chi connectivity index (χ0v) is 10.5. The van der Waals surface area contributed by atoms with E-state index < -0.39 is 0 Å². The minimum Gasteiger partial charge on any atom is -0.298 e. The Hall–Kier alpha value is -0.940. The topological polar surface area (TPSA) is 34.9 Å². The van der Waals surface area contributed by atoms with Crippen molar-refractivity contribution in [2.45, 2.75) is 13.5 Å². The molecule has 0 radical (unpaired) electrons. The highest BCUT2D eigenvalue weighted by Crippen LogP contribution is 2.32. The summed E-state index contributed by atoms with van der Waals surface area (Å²) in [5.74, 6) is 0. The Bertz CT molecular complexity index is 489. The number of hydrogen-bond acceptors (Lipinski definition) is 3. The van der Waals surface area contributed by atoms with Crippen LogP contribution in [0.1, 0.15) is 17.3 Å². The lowest BCUT2D eigenvalue weighted by Gasteiger charge is -1.94. The molecule has 0 N–H and O–H groups in total. The smallest absolute Gasteiger partial charge is 0.153 e. The van der Waals surface area contributed by atoms with E-state index in [9.17, 15) is 4.79 Å². The van der Waals surface area contributed by atoms with Crippen molar-refractivity contribution in [1.82, 2.24) is 9.78 Å². The van der Waals surface area contributed by atoms with Crippen molar-refractivity contribution < 1.29 is 4.79 Å². The normalized spacial score (nSPS) is 10.5. The fourth-order valence-corrected chi connectivity index (χ4v) is 2.81. The predicted octanol–water partition coefficient (Wildman–Crippen LogP) is 3.21. The number of rotatable bonds is 3. The molecule has 0 saturated heterocycles. The van der Waals surface area contributed by atoms with Gasteiger partial charge in [0.15, 0.2) is 6.29 Å². The average Bonchev–Trinajstić information content (AvgIpc) is 2.82. The van der Waals surface area contributed by atoms with Crippen LogP contribution in [-0.4, -0.2) is 16.1 Å². The van der Waals surface area contributed by atoms with Crippen LogP contribution in [-0.2, 0) is 6.54 Å². The van der Waals surface area contributed by atoms with Crippen LogP contribution >= 0.6 is 27.3 Å². The first-order valence-corrected chi connectivity index (χ1v) is 6.24. The molecule has 2 aromatic heterocycles. The third-order valence-electron chi connectivity index (χ3n) is 2.11. The summed E-state index contributed by atoms with van der Waals surface area (Å²) < 4.78 is 2.75. The Morgan fingerprint density at radius 3 is 2.93 bits per heavy atom. The van der Waals surface area contributed by atoms with E-state index in [-0.39, 0.29) is 0 Å². The first-order valence-electron chi connectivity index (χ1n) is 4.51. The molecule has 2 rings (SSSR count). The summed E-state index contributed by atoms with van der Waals surface area (Å²) >= 11 is 5.03. The van der Waals surface area contributed by atoms with Gasteiger partial charge >= 0.3 is 0 Å². The summed E-state index contributed by atoms with van der Waals surface area (Å²) in [5, 5.41) is 8.33. The number of nitrogens with zero attached hydrogens (tertiary/aromatic N) is 2. The molecule has 5 heteroatoms. The number of aryl methyl sites for hydroxylation is 1. The van der Waals surface area contributed by atoms with Crippen LogP contribution in [0, 0.1) is 0 Å². The van der Waals surface area contributed by atoms with Gasteiger partial charge in [0.25, 0.3) is 0 Å². The second kappa shape index (κ2) is 4.28. The molecule has 0 atom stereocenters. The molecule has 0 unspecified atom stereocenters. The highest BCUT2D eigenvalue weighted by Gasteiger charge is 2.13. The molecule has 0 amide bonds. The zero-order chi connectivity index (χ0) is 10.8. The van der Waals surface area contributed by atoms with Gasteiger partial charge in [-0.3, -0.25) is 9.48 Å². The van der Waals surface area contributed by atoms with Crippen molar-refractivity contribution in [2.75, 3.05) is 0 Å². The van der Waals surface area contributed by atoms with Crippen molar-refractivity contribution in [2.24, 2.45) is 0 Å². The number of carbonyl (C=O) groups excluding carboxylic acids is 1. The van der Waals surface area contributed by atoms with Crippen LogP contribution < -0.4 is 0 Å². The molecule has 0 aliphatic rings. The van der Waals surface area contributed by atoms with Crippen molar-refractivity contribution >= 4 is 33.6 Å². The van der Waals surface area contributed by atoms with Crippen LogP contribution in [0.5, 0.6) is 0 Å². The molecule has 78 valence electrons. The zero-order valence-electron chi connectivity index (χ0n) is 8.11. The number of halogens is 1. The Morgan fingerprint density at radius 2 is 2.40 bits per heavy atom. The second-order valence-corrected chi connectivity index (χ2v) is 4.64. The third kappa shape index (κ3) is 1.89. The van der Waals surface area contributed by atoms with Crippen LogP contribution in [0.25, 0.3) is 11.3 Å². The maximum atomic E-state index is 10.9. The minimum atomic E-state index is 0.635. The number of aromatic nitrogens is 2.